The van der Waals surface area contributed by atoms with Crippen LogP contribution in [0.2, 0.25) is 0 Å². The summed E-state index contributed by atoms with van der Waals surface area (Å²) in [6, 6.07) is 8.81. The number of benzene rings is 1. The lowest BCUT2D eigenvalue weighted by atomic mass is 9.97. The molecular weight excluding hydrogens is 411 g/mol. The first-order chi connectivity index (χ1) is 15.4. The van der Waals surface area contributed by atoms with Crippen LogP contribution in [0.3, 0.4) is 0 Å². The van der Waals surface area contributed by atoms with Crippen LogP contribution in [0.25, 0.3) is 16.6 Å². The number of carbonyl (C=O) groups excluding carboxylic acids is 1. The average molecular weight is 432 g/mol. The first kappa shape index (κ1) is 21.3. The third-order valence-corrected chi connectivity index (χ3v) is 5.55. The van der Waals surface area contributed by atoms with Crippen molar-refractivity contribution in [1.82, 2.24) is 25.2 Å². The second-order valence-electron chi connectivity index (χ2n) is 7.58. The Hall–Kier alpha value is -3.90. The van der Waals surface area contributed by atoms with E-state index >= 15 is 0 Å². The molecule has 32 heavy (non-hydrogen) atoms. The van der Waals surface area contributed by atoms with E-state index in [4.69, 9.17) is 0 Å². The highest BCUT2D eigenvalue weighted by Crippen LogP contribution is 2.26. The molecule has 1 aliphatic heterocycles. The zero-order chi connectivity index (χ0) is 22.8. The van der Waals surface area contributed by atoms with Crippen LogP contribution in [0.5, 0.6) is 0 Å². The molecule has 9 heteroatoms. The fraction of sp³-hybridized carbons (Fsp3) is 0.261. The summed E-state index contributed by atoms with van der Waals surface area (Å²) >= 11 is 0. The molecule has 0 bridgehead atoms. The van der Waals surface area contributed by atoms with Gasteiger partial charge in [0.25, 0.3) is 11.5 Å². The average Bonchev–Trinajstić information content (AvgIpc) is 2.82. The molecule has 162 valence electrons. The maximum absolute atomic E-state index is 15.0. The maximum Gasteiger partial charge on any atom is 0.269 e. The Labute approximate surface area is 183 Å². The molecule has 2 aromatic heterocycles. The van der Waals surface area contributed by atoms with Gasteiger partial charge >= 0.3 is 0 Å². The second kappa shape index (κ2) is 8.69. The lowest BCUT2D eigenvalue weighted by Gasteiger charge is -2.27. The van der Waals surface area contributed by atoms with Gasteiger partial charge in [-0.05, 0) is 37.1 Å². The van der Waals surface area contributed by atoms with Crippen molar-refractivity contribution in [1.29, 1.82) is 5.26 Å². The molecule has 0 unspecified atom stereocenters. The predicted octanol–water partition coefficient (Wildman–Crippen LogP) is 2.29. The number of hydrogen-bond donors (Lipinski definition) is 2. The molecule has 3 aromatic rings. The summed E-state index contributed by atoms with van der Waals surface area (Å²) in [5.41, 5.74) is 2.99. The Balaban J connectivity index is 1.54. The van der Waals surface area contributed by atoms with Crippen LogP contribution < -0.4 is 10.9 Å². The highest BCUT2D eigenvalue weighted by Gasteiger charge is 2.19. The summed E-state index contributed by atoms with van der Waals surface area (Å²) < 4.78 is 15.0. The molecule has 1 aromatic carbocycles. The summed E-state index contributed by atoms with van der Waals surface area (Å²) in [6.07, 6.45) is 2.65. The van der Waals surface area contributed by atoms with Crippen LogP contribution in [0.15, 0.2) is 35.1 Å². The van der Waals surface area contributed by atoms with Crippen LogP contribution in [0.1, 0.15) is 39.4 Å². The number of aromatic amines is 1. The van der Waals surface area contributed by atoms with E-state index in [1.165, 1.54) is 7.05 Å². The zero-order valence-electron chi connectivity index (χ0n) is 17.7. The van der Waals surface area contributed by atoms with Crippen molar-refractivity contribution in [3.05, 3.63) is 74.7 Å². The quantitative estimate of drug-likeness (QED) is 0.654. The van der Waals surface area contributed by atoms with Gasteiger partial charge in [0.15, 0.2) is 5.82 Å². The topological polar surface area (TPSA) is 115 Å². The van der Waals surface area contributed by atoms with Crippen molar-refractivity contribution in [2.75, 3.05) is 20.1 Å². The van der Waals surface area contributed by atoms with E-state index in [1.807, 2.05) is 6.08 Å². The van der Waals surface area contributed by atoms with Gasteiger partial charge in [-0.3, -0.25) is 14.5 Å². The summed E-state index contributed by atoms with van der Waals surface area (Å²) in [4.78, 5) is 36.6. The van der Waals surface area contributed by atoms with E-state index in [0.29, 0.717) is 48.4 Å². The number of nitriles is 1. The van der Waals surface area contributed by atoms with Crippen molar-refractivity contribution >= 4 is 22.5 Å². The standard InChI is InChI=1S/C23H21FN6O2/c1-13-22(31)29-21-17(27-13)5-3-15(20(21)24)12-30-9-7-14(8-10-30)16-4-6-18(23(32)26-2)28-19(16)11-25/h3-7H,8-10,12H2,1-2H3,(H,26,32)(H,29,31). The number of nitrogens with one attached hydrogen (secondary N) is 2. The Bertz CT molecular complexity index is 1360. The van der Waals surface area contributed by atoms with Crippen LogP contribution in [-0.2, 0) is 6.54 Å². The summed E-state index contributed by atoms with van der Waals surface area (Å²) in [5, 5.41) is 12.0. The van der Waals surface area contributed by atoms with Gasteiger partial charge in [-0.25, -0.2) is 14.4 Å². The Morgan fingerprint density at radius 2 is 2.12 bits per heavy atom. The SMILES string of the molecule is CNC(=O)c1ccc(C2=CCN(Cc3ccc4nc(C)c(=O)[nH]c4c3F)CC2)c(C#N)n1. The first-order valence-corrected chi connectivity index (χ1v) is 10.1. The molecule has 0 spiro atoms. The molecule has 4 rings (SSSR count). The van der Waals surface area contributed by atoms with Crippen LogP contribution in [-0.4, -0.2) is 45.9 Å². The number of fused-ring (bicyclic) bond motifs is 1. The van der Waals surface area contributed by atoms with E-state index in [0.717, 1.165) is 5.57 Å². The highest BCUT2D eigenvalue weighted by molar-refractivity contribution is 5.92. The van der Waals surface area contributed by atoms with Gasteiger partial charge in [0.1, 0.15) is 28.7 Å². The molecule has 2 N–H and O–H groups in total. The van der Waals surface area contributed by atoms with E-state index in [2.05, 4.69) is 31.2 Å². The van der Waals surface area contributed by atoms with Gasteiger partial charge in [0.2, 0.25) is 0 Å². The molecule has 0 saturated carbocycles. The van der Waals surface area contributed by atoms with Crippen molar-refractivity contribution in [2.45, 2.75) is 19.9 Å². The van der Waals surface area contributed by atoms with E-state index in [9.17, 15) is 19.2 Å². The van der Waals surface area contributed by atoms with Gasteiger partial charge in [-0.2, -0.15) is 5.26 Å². The molecule has 0 aliphatic carbocycles. The monoisotopic (exact) mass is 432 g/mol. The lowest BCUT2D eigenvalue weighted by molar-refractivity contribution is 0.0958. The van der Waals surface area contributed by atoms with Crippen LogP contribution >= 0.6 is 0 Å². The van der Waals surface area contributed by atoms with Gasteiger partial charge < -0.3 is 10.3 Å². The highest BCUT2D eigenvalue weighted by atomic mass is 19.1. The third-order valence-electron chi connectivity index (χ3n) is 5.55. The number of aromatic nitrogens is 3. The number of rotatable bonds is 4. The fourth-order valence-corrected chi connectivity index (χ4v) is 3.78. The van der Waals surface area contributed by atoms with Crippen LogP contribution in [0.4, 0.5) is 4.39 Å². The van der Waals surface area contributed by atoms with Crippen molar-refractivity contribution in [3.8, 4) is 6.07 Å². The normalized spacial score (nSPS) is 14.1. The molecule has 1 amide bonds. The Kier molecular flexibility index (Phi) is 5.79. The van der Waals surface area contributed by atoms with Gasteiger partial charge in [0.05, 0.1) is 5.52 Å². The number of halogens is 1. The van der Waals surface area contributed by atoms with Crippen LogP contribution in [0, 0.1) is 24.1 Å². The first-order valence-electron chi connectivity index (χ1n) is 10.1. The number of hydrogen-bond acceptors (Lipinski definition) is 6. The number of amides is 1. The van der Waals surface area contributed by atoms with E-state index in [-0.39, 0.29) is 22.8 Å². The second-order valence-corrected chi connectivity index (χ2v) is 7.58. The third kappa shape index (κ3) is 4.00. The molecule has 0 fully saturated rings. The van der Waals surface area contributed by atoms with Crippen molar-refractivity contribution in [3.63, 3.8) is 0 Å². The Morgan fingerprint density at radius 1 is 1.31 bits per heavy atom. The van der Waals surface area contributed by atoms with Crippen molar-refractivity contribution in [2.24, 2.45) is 0 Å². The zero-order valence-corrected chi connectivity index (χ0v) is 17.7. The number of carbonyl (C=O) groups is 1. The minimum Gasteiger partial charge on any atom is -0.354 e. The van der Waals surface area contributed by atoms with Gasteiger partial charge in [-0.15, -0.1) is 0 Å². The van der Waals surface area contributed by atoms with E-state index in [1.54, 1.807) is 31.2 Å². The smallest absolute Gasteiger partial charge is 0.269 e. The molecule has 0 atom stereocenters. The summed E-state index contributed by atoms with van der Waals surface area (Å²) in [7, 11) is 1.51. The number of nitrogens with zero attached hydrogens (tertiary/aromatic N) is 4. The number of aryl methyl sites for hydroxylation is 1. The predicted molar refractivity (Wildman–Crippen MR) is 117 cm³/mol. The largest absolute Gasteiger partial charge is 0.354 e. The Morgan fingerprint density at radius 3 is 2.81 bits per heavy atom. The minimum atomic E-state index is -0.470. The summed E-state index contributed by atoms with van der Waals surface area (Å²) in [6.45, 7) is 3.19. The molecule has 0 saturated heterocycles. The molecule has 0 radical (unpaired) electrons. The number of H-pyrrole nitrogens is 1. The van der Waals surface area contributed by atoms with E-state index < -0.39 is 11.4 Å². The fourth-order valence-electron chi connectivity index (χ4n) is 3.78. The lowest BCUT2D eigenvalue weighted by Crippen LogP contribution is -2.28. The van der Waals surface area contributed by atoms with Gasteiger partial charge in [-0.1, -0.05) is 12.1 Å². The van der Waals surface area contributed by atoms with Crippen molar-refractivity contribution < 1.29 is 9.18 Å². The summed E-state index contributed by atoms with van der Waals surface area (Å²) in [5.74, 6) is -0.816. The molecule has 3 heterocycles. The molecular formula is C23H21FN6O2. The number of pyridine rings is 1. The molecule has 1 aliphatic rings. The maximum atomic E-state index is 15.0. The minimum absolute atomic E-state index is 0.118. The van der Waals surface area contributed by atoms with Gasteiger partial charge in [0, 0.05) is 37.8 Å². The molecule has 8 nitrogen and oxygen atoms in total.